The maximum absolute atomic E-state index is 12.4. The summed E-state index contributed by atoms with van der Waals surface area (Å²) >= 11 is 0. The van der Waals surface area contributed by atoms with Crippen LogP contribution in [0.3, 0.4) is 0 Å². The summed E-state index contributed by atoms with van der Waals surface area (Å²) in [7, 11) is 0. The van der Waals surface area contributed by atoms with Crippen LogP contribution in [0.4, 0.5) is 0 Å². The molecule has 108 valence electrons. The highest BCUT2D eigenvalue weighted by Crippen LogP contribution is 2.08. The molecule has 7 nitrogen and oxygen atoms in total. The van der Waals surface area contributed by atoms with Crippen LogP contribution in [0.25, 0.3) is 17.0 Å². The van der Waals surface area contributed by atoms with E-state index in [-0.39, 0.29) is 5.56 Å². The Balaban J connectivity index is 1.97. The number of pyridine rings is 1. The molecule has 0 saturated heterocycles. The smallest absolute Gasteiger partial charge is 0.268 e. The second-order valence-electron chi connectivity index (χ2n) is 5.30. The monoisotopic (exact) mass is 284 g/mol. The number of hydrogen-bond acceptors (Lipinski definition) is 5. The van der Waals surface area contributed by atoms with Gasteiger partial charge in [-0.25, -0.2) is 4.98 Å². The number of hydrogen-bond donors (Lipinski definition) is 0. The van der Waals surface area contributed by atoms with E-state index >= 15 is 0 Å². The van der Waals surface area contributed by atoms with E-state index < -0.39 is 0 Å². The molecule has 3 aromatic heterocycles. The highest BCUT2D eigenvalue weighted by molar-refractivity contribution is 5.53. The molecule has 3 aromatic rings. The minimum Gasteiger partial charge on any atom is -0.268 e. The summed E-state index contributed by atoms with van der Waals surface area (Å²) in [5, 5.41) is 12.2. The van der Waals surface area contributed by atoms with Crippen LogP contribution >= 0.6 is 0 Å². The van der Waals surface area contributed by atoms with E-state index in [0.717, 1.165) is 6.42 Å². The van der Waals surface area contributed by atoms with Gasteiger partial charge in [-0.05, 0) is 29.7 Å². The van der Waals surface area contributed by atoms with Crippen molar-refractivity contribution in [3.63, 3.8) is 0 Å². The molecule has 0 saturated carbocycles. The molecule has 3 heterocycles. The summed E-state index contributed by atoms with van der Waals surface area (Å²) in [5.41, 5.74) is 0.761. The van der Waals surface area contributed by atoms with Crippen molar-refractivity contribution in [3.05, 3.63) is 40.9 Å². The van der Waals surface area contributed by atoms with E-state index in [9.17, 15) is 4.79 Å². The maximum Gasteiger partial charge on any atom is 0.269 e. The Bertz CT molecular complexity index is 819. The lowest BCUT2D eigenvalue weighted by molar-refractivity contribution is 0.442. The molecule has 21 heavy (non-hydrogen) atoms. The molecule has 0 aliphatic carbocycles. The molecule has 3 rings (SSSR count). The van der Waals surface area contributed by atoms with Gasteiger partial charge in [-0.2, -0.15) is 4.80 Å². The van der Waals surface area contributed by atoms with E-state index in [1.165, 1.54) is 15.4 Å². The van der Waals surface area contributed by atoms with Crippen molar-refractivity contribution in [1.29, 1.82) is 0 Å². The molecule has 0 bridgehead atoms. The Labute approximate surface area is 121 Å². The van der Waals surface area contributed by atoms with Gasteiger partial charge in [0.2, 0.25) is 5.82 Å². The molecule has 7 heteroatoms. The second kappa shape index (κ2) is 5.43. The lowest BCUT2D eigenvalue weighted by Crippen LogP contribution is -2.17. The number of aryl methyl sites for hydroxylation is 1. The fourth-order valence-electron chi connectivity index (χ4n) is 2.00. The first-order valence-corrected chi connectivity index (χ1v) is 6.90. The summed E-state index contributed by atoms with van der Waals surface area (Å²) in [5.74, 6) is 0.877. The summed E-state index contributed by atoms with van der Waals surface area (Å²) in [6, 6.07) is 5.40. The van der Waals surface area contributed by atoms with Gasteiger partial charge >= 0.3 is 0 Å². The number of fused-ring (bicyclic) bond motifs is 1. The van der Waals surface area contributed by atoms with Gasteiger partial charge in [0.25, 0.3) is 5.56 Å². The zero-order valence-electron chi connectivity index (χ0n) is 12.0. The zero-order valence-corrected chi connectivity index (χ0v) is 12.0. The molecule has 0 radical (unpaired) electrons. The first-order chi connectivity index (χ1) is 10.1. The number of rotatable bonds is 4. The molecule has 0 fully saturated rings. The van der Waals surface area contributed by atoms with Crippen LogP contribution < -0.4 is 5.56 Å². The van der Waals surface area contributed by atoms with Gasteiger partial charge in [0.05, 0.1) is 6.54 Å². The summed E-state index contributed by atoms with van der Waals surface area (Å²) < 4.78 is 1.48. The minimum absolute atomic E-state index is 0.191. The van der Waals surface area contributed by atoms with E-state index in [2.05, 4.69) is 34.2 Å². The van der Waals surface area contributed by atoms with Crippen LogP contribution in [0.1, 0.15) is 20.3 Å². The number of aromatic nitrogens is 6. The maximum atomic E-state index is 12.4. The Kier molecular flexibility index (Phi) is 3.47. The average molecular weight is 284 g/mol. The predicted molar refractivity (Wildman–Crippen MR) is 77.7 cm³/mol. The van der Waals surface area contributed by atoms with Crippen LogP contribution in [-0.4, -0.2) is 29.6 Å². The molecule has 0 aliphatic rings. The molecule has 0 N–H and O–H groups in total. The third-order valence-corrected chi connectivity index (χ3v) is 3.21. The van der Waals surface area contributed by atoms with Gasteiger partial charge in [-0.15, -0.1) is 10.2 Å². The van der Waals surface area contributed by atoms with Crippen LogP contribution in [0.5, 0.6) is 0 Å². The molecule has 0 unspecified atom stereocenters. The minimum atomic E-state index is -0.191. The summed E-state index contributed by atoms with van der Waals surface area (Å²) in [6.07, 6.45) is 4.14. The number of tetrazole rings is 1. The quantitative estimate of drug-likeness (QED) is 0.723. The summed E-state index contributed by atoms with van der Waals surface area (Å²) in [4.78, 5) is 18.2. The Morgan fingerprint density at radius 1 is 1.29 bits per heavy atom. The standard InChI is InChI=1S/C14H16N6O/c1-10(2)6-8-20-17-13(16-18-20)11-9-15-12-5-3-4-7-19(12)14(11)21/h3-5,7,9-10H,6,8H2,1-2H3. The highest BCUT2D eigenvalue weighted by Gasteiger charge is 2.12. The zero-order chi connectivity index (χ0) is 14.8. The average Bonchev–Trinajstić information content (AvgIpc) is 2.94. The molecule has 0 aliphatic heterocycles. The van der Waals surface area contributed by atoms with Crippen molar-refractivity contribution in [2.45, 2.75) is 26.8 Å². The van der Waals surface area contributed by atoms with Crippen molar-refractivity contribution < 1.29 is 0 Å². The lowest BCUT2D eigenvalue weighted by Gasteiger charge is -2.02. The third-order valence-electron chi connectivity index (χ3n) is 3.21. The van der Waals surface area contributed by atoms with Crippen molar-refractivity contribution in [2.75, 3.05) is 0 Å². The molecular formula is C14H16N6O. The lowest BCUT2D eigenvalue weighted by atomic mass is 10.1. The topological polar surface area (TPSA) is 78.0 Å². The fraction of sp³-hybridized carbons (Fsp3) is 0.357. The van der Waals surface area contributed by atoms with Crippen molar-refractivity contribution >= 4 is 5.65 Å². The molecule has 0 amide bonds. The second-order valence-corrected chi connectivity index (χ2v) is 5.30. The normalized spacial score (nSPS) is 11.4. The van der Waals surface area contributed by atoms with Gasteiger partial charge in [0.15, 0.2) is 0 Å². The predicted octanol–water partition coefficient (Wildman–Crippen LogP) is 1.39. The third kappa shape index (κ3) is 2.67. The fourth-order valence-corrected chi connectivity index (χ4v) is 2.00. The van der Waals surface area contributed by atoms with Gasteiger partial charge < -0.3 is 0 Å². The molecule has 0 atom stereocenters. The van der Waals surface area contributed by atoms with E-state index in [1.54, 1.807) is 18.3 Å². The van der Waals surface area contributed by atoms with E-state index in [0.29, 0.717) is 29.5 Å². The van der Waals surface area contributed by atoms with Gasteiger partial charge in [-0.3, -0.25) is 9.20 Å². The SMILES string of the molecule is CC(C)CCn1nnc(-c2cnc3ccccn3c2=O)n1. The van der Waals surface area contributed by atoms with Crippen LogP contribution in [0.2, 0.25) is 0 Å². The highest BCUT2D eigenvalue weighted by atomic mass is 16.1. The number of nitrogens with zero attached hydrogens (tertiary/aromatic N) is 6. The Morgan fingerprint density at radius 3 is 2.95 bits per heavy atom. The van der Waals surface area contributed by atoms with Crippen LogP contribution in [0, 0.1) is 5.92 Å². The van der Waals surface area contributed by atoms with Crippen molar-refractivity contribution in [2.24, 2.45) is 5.92 Å². The summed E-state index contributed by atoms with van der Waals surface area (Å²) in [6.45, 7) is 4.96. The van der Waals surface area contributed by atoms with Crippen molar-refractivity contribution in [1.82, 2.24) is 29.6 Å². The van der Waals surface area contributed by atoms with E-state index in [4.69, 9.17) is 0 Å². The van der Waals surface area contributed by atoms with Crippen molar-refractivity contribution in [3.8, 4) is 11.4 Å². The molecule has 0 spiro atoms. The first kappa shape index (κ1) is 13.4. The van der Waals surface area contributed by atoms with E-state index in [1.807, 2.05) is 6.07 Å². The van der Waals surface area contributed by atoms with Gasteiger partial charge in [-0.1, -0.05) is 19.9 Å². The van der Waals surface area contributed by atoms with Gasteiger partial charge in [0, 0.05) is 12.4 Å². The molecule has 0 aromatic carbocycles. The Morgan fingerprint density at radius 2 is 2.14 bits per heavy atom. The van der Waals surface area contributed by atoms with Gasteiger partial charge in [0.1, 0.15) is 11.2 Å². The first-order valence-electron chi connectivity index (χ1n) is 6.90. The molecular weight excluding hydrogens is 268 g/mol. The largest absolute Gasteiger partial charge is 0.269 e. The van der Waals surface area contributed by atoms with Crippen LogP contribution in [0.15, 0.2) is 35.4 Å². The van der Waals surface area contributed by atoms with Crippen LogP contribution in [-0.2, 0) is 6.54 Å². The Hall–Kier alpha value is -2.57.